The van der Waals surface area contributed by atoms with Gasteiger partial charge < -0.3 is 10.2 Å². The van der Waals surface area contributed by atoms with E-state index in [0.717, 1.165) is 16.3 Å². The van der Waals surface area contributed by atoms with Crippen molar-refractivity contribution in [1.29, 1.82) is 0 Å². The fourth-order valence-electron chi connectivity index (χ4n) is 2.82. The van der Waals surface area contributed by atoms with Crippen molar-refractivity contribution in [2.75, 3.05) is 6.54 Å². The maximum atomic E-state index is 12.3. The Kier molecular flexibility index (Phi) is 4.43. The lowest BCUT2D eigenvalue weighted by Gasteiger charge is -2.17. The first kappa shape index (κ1) is 15.7. The van der Waals surface area contributed by atoms with E-state index in [1.54, 1.807) is 4.90 Å². The van der Waals surface area contributed by atoms with Gasteiger partial charge in [-0.15, -0.1) is 11.3 Å². The van der Waals surface area contributed by atoms with Crippen LogP contribution in [0.15, 0.2) is 30.3 Å². The molecule has 0 unspecified atom stereocenters. The van der Waals surface area contributed by atoms with Gasteiger partial charge in [0, 0.05) is 19.5 Å². The number of carbonyl (C=O) groups excluding carboxylic acids is 2. The van der Waals surface area contributed by atoms with Crippen molar-refractivity contribution in [3.05, 3.63) is 51.5 Å². The Morgan fingerprint density at radius 1 is 1.35 bits per heavy atom. The van der Waals surface area contributed by atoms with Gasteiger partial charge in [-0.2, -0.15) is 0 Å². The van der Waals surface area contributed by atoms with Crippen LogP contribution in [0.1, 0.15) is 32.4 Å². The minimum atomic E-state index is -0.138. The molecule has 2 aromatic rings. The van der Waals surface area contributed by atoms with Crippen molar-refractivity contribution >= 4 is 23.2 Å². The largest absolute Gasteiger partial charge is 0.346 e. The van der Waals surface area contributed by atoms with Gasteiger partial charge in [-0.25, -0.2) is 4.98 Å². The number of thiazole rings is 1. The Balaban J connectivity index is 1.61. The van der Waals surface area contributed by atoms with Gasteiger partial charge in [-0.3, -0.25) is 9.59 Å². The molecule has 0 spiro atoms. The third kappa shape index (κ3) is 3.59. The molecule has 2 amide bonds. The molecule has 1 aromatic carbocycles. The molecule has 0 aliphatic carbocycles. The molecule has 0 saturated carbocycles. The normalized spacial score (nSPS) is 17.6. The summed E-state index contributed by atoms with van der Waals surface area (Å²) in [6.07, 6.45) is 0.357. The van der Waals surface area contributed by atoms with Crippen molar-refractivity contribution in [3.8, 4) is 0 Å². The van der Waals surface area contributed by atoms with Crippen molar-refractivity contribution in [2.45, 2.75) is 32.9 Å². The highest BCUT2D eigenvalue weighted by Gasteiger charge is 2.31. The van der Waals surface area contributed by atoms with Crippen LogP contribution in [0.25, 0.3) is 0 Å². The van der Waals surface area contributed by atoms with Gasteiger partial charge in [-0.1, -0.05) is 30.3 Å². The summed E-state index contributed by atoms with van der Waals surface area (Å²) in [5.74, 6) is -0.0520. The van der Waals surface area contributed by atoms with Gasteiger partial charge in [0.2, 0.25) is 5.91 Å². The molecule has 23 heavy (non-hydrogen) atoms. The van der Waals surface area contributed by atoms with E-state index >= 15 is 0 Å². The maximum Gasteiger partial charge on any atom is 0.263 e. The Bertz CT molecular complexity index is 727. The maximum absolute atomic E-state index is 12.3. The second kappa shape index (κ2) is 6.50. The van der Waals surface area contributed by atoms with Crippen LogP contribution in [-0.2, 0) is 11.3 Å². The zero-order chi connectivity index (χ0) is 16.4. The van der Waals surface area contributed by atoms with Crippen molar-refractivity contribution in [1.82, 2.24) is 15.2 Å². The predicted octanol–water partition coefficient (Wildman–Crippen LogP) is 2.29. The summed E-state index contributed by atoms with van der Waals surface area (Å²) >= 11 is 1.39. The van der Waals surface area contributed by atoms with Crippen LogP contribution in [0.2, 0.25) is 0 Å². The van der Waals surface area contributed by atoms with Crippen molar-refractivity contribution < 1.29 is 9.59 Å². The van der Waals surface area contributed by atoms with E-state index in [9.17, 15) is 9.59 Å². The highest BCUT2D eigenvalue weighted by Crippen LogP contribution is 2.19. The van der Waals surface area contributed by atoms with Crippen LogP contribution in [-0.4, -0.2) is 34.3 Å². The average molecular weight is 329 g/mol. The first-order chi connectivity index (χ1) is 11.0. The molecule has 0 bridgehead atoms. The molecule has 1 fully saturated rings. The summed E-state index contributed by atoms with van der Waals surface area (Å²) in [6, 6.07) is 9.75. The number of likely N-dealkylation sites (tertiary alicyclic amines) is 1. The number of nitrogens with one attached hydrogen (secondary N) is 1. The van der Waals surface area contributed by atoms with E-state index in [0.29, 0.717) is 24.4 Å². The van der Waals surface area contributed by atoms with Gasteiger partial charge in [0.15, 0.2) is 0 Å². The topological polar surface area (TPSA) is 62.3 Å². The summed E-state index contributed by atoms with van der Waals surface area (Å²) in [6.45, 7) is 4.86. The molecule has 1 atom stereocenters. The summed E-state index contributed by atoms with van der Waals surface area (Å²) in [5, 5.41) is 3.84. The van der Waals surface area contributed by atoms with Gasteiger partial charge in [0.25, 0.3) is 5.91 Å². The summed E-state index contributed by atoms with van der Waals surface area (Å²) < 4.78 is 0. The van der Waals surface area contributed by atoms with Crippen LogP contribution in [0.4, 0.5) is 0 Å². The van der Waals surface area contributed by atoms with Crippen LogP contribution in [0.3, 0.4) is 0 Å². The first-order valence-corrected chi connectivity index (χ1v) is 8.41. The molecule has 2 heterocycles. The Labute approximate surface area is 139 Å². The van der Waals surface area contributed by atoms with Crippen LogP contribution in [0.5, 0.6) is 0 Å². The van der Waals surface area contributed by atoms with Crippen molar-refractivity contribution in [2.24, 2.45) is 0 Å². The van der Waals surface area contributed by atoms with Gasteiger partial charge >= 0.3 is 0 Å². The molecule has 0 radical (unpaired) electrons. The van der Waals surface area contributed by atoms with Gasteiger partial charge in [0.05, 0.1) is 16.7 Å². The zero-order valence-corrected chi connectivity index (χ0v) is 14.0. The van der Waals surface area contributed by atoms with E-state index in [1.807, 2.05) is 44.2 Å². The molecule has 3 rings (SSSR count). The summed E-state index contributed by atoms with van der Waals surface area (Å²) in [5.41, 5.74) is 1.84. The minimum Gasteiger partial charge on any atom is -0.346 e. The molecular formula is C17H19N3O2S. The Morgan fingerprint density at radius 2 is 2.09 bits per heavy atom. The molecular weight excluding hydrogens is 310 g/mol. The molecule has 1 aromatic heterocycles. The van der Waals surface area contributed by atoms with E-state index in [1.165, 1.54) is 11.3 Å². The van der Waals surface area contributed by atoms with E-state index in [4.69, 9.17) is 0 Å². The fraction of sp³-hybridized carbons (Fsp3) is 0.353. The average Bonchev–Trinajstić information content (AvgIpc) is 3.02. The Hall–Kier alpha value is -2.21. The number of rotatable bonds is 4. The number of hydrogen-bond donors (Lipinski definition) is 1. The number of amides is 2. The molecule has 1 N–H and O–H groups in total. The number of aryl methyl sites for hydroxylation is 2. The number of aromatic nitrogens is 1. The molecule has 120 valence electrons. The number of carbonyl (C=O) groups is 2. The number of hydrogen-bond acceptors (Lipinski definition) is 4. The third-order valence-corrected chi connectivity index (χ3v) is 4.95. The first-order valence-electron chi connectivity index (χ1n) is 7.59. The van der Waals surface area contributed by atoms with Crippen LogP contribution < -0.4 is 5.32 Å². The van der Waals surface area contributed by atoms with E-state index < -0.39 is 0 Å². The van der Waals surface area contributed by atoms with E-state index in [2.05, 4.69) is 10.3 Å². The lowest BCUT2D eigenvalue weighted by atomic mass is 10.2. The summed E-state index contributed by atoms with van der Waals surface area (Å²) in [7, 11) is 0. The molecule has 1 aliphatic heterocycles. The highest BCUT2D eigenvalue weighted by atomic mass is 32.1. The van der Waals surface area contributed by atoms with Gasteiger partial charge in [0.1, 0.15) is 4.88 Å². The fourth-order valence-corrected chi connectivity index (χ4v) is 3.64. The smallest absolute Gasteiger partial charge is 0.263 e. The van der Waals surface area contributed by atoms with Crippen LogP contribution >= 0.6 is 11.3 Å². The third-order valence-electron chi connectivity index (χ3n) is 3.88. The Morgan fingerprint density at radius 3 is 2.74 bits per heavy atom. The lowest BCUT2D eigenvalue weighted by Crippen LogP contribution is -2.36. The van der Waals surface area contributed by atoms with Crippen LogP contribution in [0, 0.1) is 13.8 Å². The van der Waals surface area contributed by atoms with E-state index in [-0.39, 0.29) is 17.9 Å². The second-order valence-corrected chi connectivity index (χ2v) is 6.98. The predicted molar refractivity (Wildman–Crippen MR) is 89.3 cm³/mol. The molecule has 1 aliphatic rings. The highest BCUT2D eigenvalue weighted by molar-refractivity contribution is 7.13. The number of nitrogens with zero attached hydrogens (tertiary/aromatic N) is 2. The standard InChI is InChI=1S/C17H19N3O2S/c1-11-16(23-12(2)18-11)17(22)19-14-8-15(21)20(10-14)9-13-6-4-3-5-7-13/h3-7,14H,8-10H2,1-2H3,(H,19,22)/t14-/m0/s1. The molecule has 6 heteroatoms. The minimum absolute atomic E-state index is 0.0800. The quantitative estimate of drug-likeness (QED) is 0.936. The van der Waals surface area contributed by atoms with Crippen molar-refractivity contribution in [3.63, 3.8) is 0 Å². The second-order valence-electron chi connectivity index (χ2n) is 5.78. The molecule has 1 saturated heterocycles. The number of benzene rings is 1. The molecule has 5 nitrogen and oxygen atoms in total. The summed E-state index contributed by atoms with van der Waals surface area (Å²) in [4.78, 5) is 31.2. The lowest BCUT2D eigenvalue weighted by molar-refractivity contribution is -0.128. The van der Waals surface area contributed by atoms with Gasteiger partial charge in [-0.05, 0) is 19.4 Å². The monoisotopic (exact) mass is 329 g/mol. The zero-order valence-electron chi connectivity index (χ0n) is 13.2. The SMILES string of the molecule is Cc1nc(C)c(C(=O)N[C@H]2CC(=O)N(Cc3ccccc3)C2)s1.